The monoisotopic (exact) mass is 640 g/mol. The van der Waals surface area contributed by atoms with Crippen LogP contribution in [0, 0.1) is 23.5 Å². The van der Waals surface area contributed by atoms with Gasteiger partial charge in [-0.1, -0.05) is 38.0 Å². The van der Waals surface area contributed by atoms with Gasteiger partial charge in [-0.25, -0.2) is 18.4 Å². The van der Waals surface area contributed by atoms with E-state index < -0.39 is 41.7 Å². The molecule has 0 spiro atoms. The zero-order valence-electron chi connectivity index (χ0n) is 25.5. The quantitative estimate of drug-likeness (QED) is 0.156. The molecule has 4 aromatic rings. The molecule has 0 radical (unpaired) electrons. The maximum atomic E-state index is 13.0. The third-order valence-corrected chi connectivity index (χ3v) is 6.43. The number of aliphatic carboxylic acids is 2. The van der Waals surface area contributed by atoms with Crippen LogP contribution in [0.4, 0.5) is 8.78 Å². The van der Waals surface area contributed by atoms with Gasteiger partial charge in [0.05, 0.1) is 0 Å². The lowest BCUT2D eigenvalue weighted by atomic mass is 10.0. The number of amides is 2. The van der Waals surface area contributed by atoms with Gasteiger partial charge in [0.25, 0.3) is 11.8 Å². The lowest BCUT2D eigenvalue weighted by molar-refractivity contribution is -0.140. The van der Waals surface area contributed by atoms with E-state index in [0.717, 1.165) is 6.26 Å². The van der Waals surface area contributed by atoms with E-state index in [1.165, 1.54) is 54.6 Å². The summed E-state index contributed by atoms with van der Waals surface area (Å²) >= 11 is 0. The van der Waals surface area contributed by atoms with Crippen molar-refractivity contribution in [2.75, 3.05) is 0 Å². The van der Waals surface area contributed by atoms with Crippen LogP contribution in [0.15, 0.2) is 69.9 Å². The number of carboxylic acids is 2. The number of carboxylic acid groups (broad SMARTS) is 2. The van der Waals surface area contributed by atoms with Crippen LogP contribution in [0.3, 0.4) is 0 Å². The first-order valence-electron chi connectivity index (χ1n) is 14.2. The molecule has 0 saturated carbocycles. The zero-order valence-corrected chi connectivity index (χ0v) is 25.5. The third-order valence-electron chi connectivity index (χ3n) is 6.43. The Kier molecular flexibility index (Phi) is 12.3. The van der Waals surface area contributed by atoms with Crippen molar-refractivity contribution in [1.29, 1.82) is 0 Å². The van der Waals surface area contributed by atoms with Crippen LogP contribution in [-0.4, -0.2) is 56.4 Å². The molecule has 0 bridgehead atoms. The Morgan fingerprint density at radius 3 is 1.70 bits per heavy atom. The summed E-state index contributed by atoms with van der Waals surface area (Å²) in [6.45, 7) is 7.46. The van der Waals surface area contributed by atoms with E-state index in [1.807, 2.05) is 27.7 Å². The molecule has 0 fully saturated rings. The molecule has 0 saturated heterocycles. The summed E-state index contributed by atoms with van der Waals surface area (Å²) in [4.78, 5) is 46.8. The number of hydrogen-bond acceptors (Lipinski definition) is 8. The van der Waals surface area contributed by atoms with Gasteiger partial charge in [0.1, 0.15) is 46.9 Å². The number of halogens is 2. The lowest BCUT2D eigenvalue weighted by Crippen LogP contribution is -2.41. The molecule has 12 nitrogen and oxygen atoms in total. The van der Waals surface area contributed by atoms with E-state index in [1.54, 1.807) is 0 Å². The zero-order chi connectivity index (χ0) is 34.0. The second-order valence-corrected chi connectivity index (χ2v) is 11.2. The molecule has 2 amide bonds. The minimum absolute atomic E-state index is 0.0978. The van der Waals surface area contributed by atoms with Crippen molar-refractivity contribution in [3.63, 3.8) is 0 Å². The molecule has 0 unspecified atom stereocenters. The van der Waals surface area contributed by atoms with Crippen molar-refractivity contribution in [3.8, 4) is 22.5 Å². The van der Waals surface area contributed by atoms with Gasteiger partial charge in [0.15, 0.2) is 0 Å². The van der Waals surface area contributed by atoms with E-state index in [0.29, 0.717) is 29.7 Å². The van der Waals surface area contributed by atoms with Crippen molar-refractivity contribution >= 4 is 23.8 Å². The molecule has 4 N–H and O–H groups in total. The molecule has 4 rings (SSSR count). The van der Waals surface area contributed by atoms with Crippen LogP contribution >= 0.6 is 0 Å². The van der Waals surface area contributed by atoms with Crippen molar-refractivity contribution in [1.82, 2.24) is 20.9 Å². The largest absolute Gasteiger partial charge is 0.480 e. The minimum atomic E-state index is -1.11. The fourth-order valence-electron chi connectivity index (χ4n) is 4.20. The molecule has 2 atom stereocenters. The van der Waals surface area contributed by atoms with Gasteiger partial charge in [-0.15, -0.1) is 0 Å². The molecular weight excluding hydrogens is 606 g/mol. The van der Waals surface area contributed by atoms with Gasteiger partial charge in [0.2, 0.25) is 5.76 Å². The Morgan fingerprint density at radius 1 is 0.739 bits per heavy atom. The molecule has 0 aliphatic heterocycles. The topological polar surface area (TPSA) is 185 Å². The highest BCUT2D eigenvalue weighted by atomic mass is 19.1. The first kappa shape index (κ1) is 35.1. The predicted octanol–water partition coefficient (Wildman–Crippen LogP) is 5.42. The summed E-state index contributed by atoms with van der Waals surface area (Å²) in [7, 11) is 0. The van der Waals surface area contributed by atoms with Crippen LogP contribution in [0.5, 0.6) is 0 Å². The highest BCUT2D eigenvalue weighted by Crippen LogP contribution is 2.23. The van der Waals surface area contributed by atoms with Gasteiger partial charge in [0, 0.05) is 17.2 Å². The number of rotatable bonds is 12. The lowest BCUT2D eigenvalue weighted by Gasteiger charge is -2.16. The average molecular weight is 641 g/mol. The maximum Gasteiger partial charge on any atom is 0.326 e. The SMILES string of the molecule is CC(C)C[C@H](NC(=O)c1cc(-c2ccc(F)cc2)no1)C(=O)O.CC(C)C[C@H](NC(=O)c1conc1-c1ccc(F)cc1)C(=O)O. The first-order chi connectivity index (χ1) is 21.7. The number of hydrogen-bond donors (Lipinski definition) is 4. The first-order valence-corrected chi connectivity index (χ1v) is 14.2. The smallest absolute Gasteiger partial charge is 0.326 e. The van der Waals surface area contributed by atoms with Crippen LogP contribution in [0.2, 0.25) is 0 Å². The number of nitrogens with one attached hydrogen (secondary N) is 2. The minimum Gasteiger partial charge on any atom is -0.480 e. The summed E-state index contributed by atoms with van der Waals surface area (Å²) in [6, 6.07) is 10.4. The van der Waals surface area contributed by atoms with Gasteiger partial charge in [-0.3, -0.25) is 9.59 Å². The fraction of sp³-hybridized carbons (Fsp3) is 0.312. The summed E-state index contributed by atoms with van der Waals surface area (Å²) < 4.78 is 35.6. The van der Waals surface area contributed by atoms with Crippen LogP contribution in [0.25, 0.3) is 22.5 Å². The number of aromatic nitrogens is 2. The van der Waals surface area contributed by atoms with Gasteiger partial charge >= 0.3 is 11.9 Å². The van der Waals surface area contributed by atoms with Crippen molar-refractivity contribution in [2.45, 2.75) is 52.6 Å². The Balaban J connectivity index is 0.000000250. The number of nitrogens with zero attached hydrogens (tertiary/aromatic N) is 2. The maximum absolute atomic E-state index is 13.0. The number of carbonyl (C=O) groups excluding carboxylic acids is 2. The Labute approximate surface area is 262 Å². The molecule has 2 aromatic carbocycles. The van der Waals surface area contributed by atoms with Crippen molar-refractivity contribution in [3.05, 3.63) is 83.8 Å². The summed E-state index contributed by atoms with van der Waals surface area (Å²) in [5.74, 6) is -4.13. The van der Waals surface area contributed by atoms with Crippen LogP contribution < -0.4 is 10.6 Å². The average Bonchev–Trinajstić information content (AvgIpc) is 3.68. The number of benzene rings is 2. The molecule has 244 valence electrons. The fourth-order valence-corrected chi connectivity index (χ4v) is 4.20. The van der Waals surface area contributed by atoms with Gasteiger partial charge in [-0.2, -0.15) is 0 Å². The van der Waals surface area contributed by atoms with Crippen LogP contribution in [0.1, 0.15) is 61.4 Å². The third kappa shape index (κ3) is 10.1. The van der Waals surface area contributed by atoms with E-state index in [2.05, 4.69) is 20.9 Å². The predicted molar refractivity (Wildman–Crippen MR) is 160 cm³/mol. The standard InChI is InChI=1S/2C16H17FN2O4/c1-9(2)7-13(16(21)22)18-15(20)12-8-23-19-14(12)10-3-5-11(17)6-4-10;1-9(2)7-13(16(21)22)18-15(20)14-8-12(19-23-14)10-3-5-11(17)6-4-10/h2*3-6,8-9,13H,7H2,1-2H3,(H,18,20)(H,21,22)/t2*13-/m00/s1. The Morgan fingerprint density at radius 2 is 1.22 bits per heavy atom. The Bertz CT molecular complexity index is 1630. The normalized spacial score (nSPS) is 12.2. The second kappa shape index (κ2) is 16.1. The second-order valence-electron chi connectivity index (χ2n) is 11.2. The molecule has 2 aromatic heterocycles. The van der Waals surface area contributed by atoms with Gasteiger partial charge < -0.3 is 29.9 Å². The molecule has 0 aliphatic rings. The molecular formula is C32H34F2N4O8. The summed E-state index contributed by atoms with van der Waals surface area (Å²) in [6.07, 6.45) is 1.75. The number of carbonyl (C=O) groups is 4. The van der Waals surface area contributed by atoms with Crippen molar-refractivity contribution in [2.24, 2.45) is 11.8 Å². The molecule has 2 heterocycles. The van der Waals surface area contributed by atoms with Crippen molar-refractivity contribution < 1.29 is 47.2 Å². The summed E-state index contributed by atoms with van der Waals surface area (Å²) in [5, 5.41) is 30.7. The van der Waals surface area contributed by atoms with Gasteiger partial charge in [-0.05, 0) is 73.2 Å². The van der Waals surface area contributed by atoms with E-state index in [4.69, 9.17) is 14.2 Å². The van der Waals surface area contributed by atoms with E-state index >= 15 is 0 Å². The molecule has 46 heavy (non-hydrogen) atoms. The Hall–Kier alpha value is -5.40. The highest BCUT2D eigenvalue weighted by Gasteiger charge is 2.26. The van der Waals surface area contributed by atoms with Crippen LogP contribution in [-0.2, 0) is 9.59 Å². The molecule has 0 aliphatic carbocycles. The van der Waals surface area contributed by atoms with E-state index in [-0.39, 0.29) is 34.7 Å². The highest BCUT2D eigenvalue weighted by molar-refractivity contribution is 6.01. The molecule has 14 heteroatoms. The summed E-state index contributed by atoms with van der Waals surface area (Å²) in [5.41, 5.74) is 1.79. The van der Waals surface area contributed by atoms with E-state index in [9.17, 15) is 33.1 Å².